The van der Waals surface area contributed by atoms with E-state index in [1.54, 1.807) is 0 Å². The lowest BCUT2D eigenvalue weighted by molar-refractivity contribution is -0.0503. The fourth-order valence-electron chi connectivity index (χ4n) is 5.32. The summed E-state index contributed by atoms with van der Waals surface area (Å²) in [7, 11) is 0. The monoisotopic (exact) mass is 294 g/mol. The minimum atomic E-state index is 0.313. The summed E-state index contributed by atoms with van der Waals surface area (Å²) in [6.07, 6.45) is 4.51. The van der Waals surface area contributed by atoms with E-state index in [9.17, 15) is 5.11 Å². The summed E-state index contributed by atoms with van der Waals surface area (Å²) in [5.74, 6) is 0.965. The molecule has 0 spiro atoms. The van der Waals surface area contributed by atoms with E-state index in [2.05, 4.69) is 47.1 Å². The van der Waals surface area contributed by atoms with Crippen LogP contribution in [0.5, 0.6) is 0 Å². The molecule has 0 saturated carbocycles. The van der Waals surface area contributed by atoms with Crippen molar-refractivity contribution in [2.45, 2.75) is 31.8 Å². The highest BCUT2D eigenvalue weighted by atomic mass is 16.3. The molecule has 22 heavy (non-hydrogen) atoms. The maximum atomic E-state index is 9.99. The summed E-state index contributed by atoms with van der Waals surface area (Å²) in [4.78, 5) is 6.35. The van der Waals surface area contributed by atoms with Gasteiger partial charge in [0.25, 0.3) is 0 Å². The summed E-state index contributed by atoms with van der Waals surface area (Å²) in [6, 6.07) is 9.68. The first kappa shape index (κ1) is 12.9. The van der Waals surface area contributed by atoms with Gasteiger partial charge in [0.2, 0.25) is 0 Å². The number of rotatable bonds is 1. The summed E-state index contributed by atoms with van der Waals surface area (Å²) in [6.45, 7) is 3.55. The highest BCUT2D eigenvalue weighted by Crippen LogP contribution is 2.53. The molecule has 3 fully saturated rings. The van der Waals surface area contributed by atoms with Gasteiger partial charge in [-0.1, -0.05) is 29.8 Å². The number of aromatic nitrogens is 1. The minimum Gasteiger partial charge on any atom is -0.396 e. The maximum absolute atomic E-state index is 9.99. The number of hydrogen-bond donors (Lipinski definition) is 2. The largest absolute Gasteiger partial charge is 0.396 e. The van der Waals surface area contributed by atoms with Crippen molar-refractivity contribution in [1.82, 2.24) is 9.88 Å². The minimum absolute atomic E-state index is 0.313. The second-order valence-corrected chi connectivity index (χ2v) is 7.07. The van der Waals surface area contributed by atoms with Gasteiger partial charge >= 0.3 is 0 Å². The normalized spacial score (nSPS) is 37.7. The molecule has 0 amide bonds. The van der Waals surface area contributed by atoms with Crippen LogP contribution in [0.15, 0.2) is 35.9 Å². The number of H-pyrrole nitrogens is 1. The van der Waals surface area contributed by atoms with Gasteiger partial charge in [0.05, 0.1) is 6.04 Å². The number of aliphatic hydroxyl groups excluding tert-OH is 1. The zero-order valence-corrected chi connectivity index (χ0v) is 12.9. The van der Waals surface area contributed by atoms with Crippen molar-refractivity contribution >= 4 is 10.9 Å². The van der Waals surface area contributed by atoms with Crippen molar-refractivity contribution in [1.29, 1.82) is 0 Å². The van der Waals surface area contributed by atoms with E-state index in [0.29, 0.717) is 30.5 Å². The van der Waals surface area contributed by atoms with Crippen LogP contribution in [0.2, 0.25) is 0 Å². The number of piperidine rings is 3. The second kappa shape index (κ2) is 4.46. The number of fused-ring (bicyclic) bond motifs is 4. The predicted octanol–water partition coefficient (Wildman–Crippen LogP) is 3.02. The van der Waals surface area contributed by atoms with Crippen molar-refractivity contribution in [3.63, 3.8) is 0 Å². The second-order valence-electron chi connectivity index (χ2n) is 7.07. The third-order valence-electron chi connectivity index (χ3n) is 6.33. The van der Waals surface area contributed by atoms with Gasteiger partial charge in [-0.15, -0.1) is 0 Å². The van der Waals surface area contributed by atoms with Gasteiger partial charge in [0.1, 0.15) is 0 Å². The van der Waals surface area contributed by atoms with Crippen LogP contribution in [0.25, 0.3) is 10.9 Å². The summed E-state index contributed by atoms with van der Waals surface area (Å²) >= 11 is 0. The number of para-hydroxylation sites is 1. The van der Waals surface area contributed by atoms with Crippen molar-refractivity contribution in [3.8, 4) is 0 Å². The quantitative estimate of drug-likeness (QED) is 0.794. The molecule has 5 unspecified atom stereocenters. The van der Waals surface area contributed by atoms with Gasteiger partial charge in [-0.25, -0.2) is 0 Å². The number of aliphatic hydroxyl groups is 1. The summed E-state index contributed by atoms with van der Waals surface area (Å²) < 4.78 is 0. The van der Waals surface area contributed by atoms with Crippen LogP contribution >= 0.6 is 0 Å². The Bertz CT molecular complexity index is 775. The topological polar surface area (TPSA) is 39.3 Å². The molecule has 0 radical (unpaired) electrons. The Morgan fingerprint density at radius 3 is 3.05 bits per heavy atom. The molecule has 1 aromatic carbocycles. The molecule has 4 aliphatic heterocycles. The van der Waals surface area contributed by atoms with Gasteiger partial charge in [0, 0.05) is 41.7 Å². The Kier molecular flexibility index (Phi) is 2.62. The highest BCUT2D eigenvalue weighted by molar-refractivity contribution is 5.85. The van der Waals surface area contributed by atoms with Crippen LogP contribution in [-0.4, -0.2) is 34.2 Å². The van der Waals surface area contributed by atoms with Gasteiger partial charge in [-0.05, 0) is 37.3 Å². The van der Waals surface area contributed by atoms with Crippen LogP contribution in [0.1, 0.15) is 30.6 Å². The SMILES string of the molecule is C/C=C1\CN2C3CC1C(CO)C2Cc1c3[nH]c2ccccc12. The van der Waals surface area contributed by atoms with Crippen LogP contribution in [0, 0.1) is 11.8 Å². The van der Waals surface area contributed by atoms with Crippen molar-refractivity contribution in [3.05, 3.63) is 47.2 Å². The molecule has 5 atom stereocenters. The van der Waals surface area contributed by atoms with Gasteiger partial charge in [-0.2, -0.15) is 0 Å². The van der Waals surface area contributed by atoms with E-state index in [4.69, 9.17) is 0 Å². The lowest BCUT2D eigenvalue weighted by Gasteiger charge is -2.58. The molecule has 3 heteroatoms. The Labute approximate surface area is 130 Å². The van der Waals surface area contributed by atoms with Crippen molar-refractivity contribution in [2.75, 3.05) is 13.2 Å². The third-order valence-corrected chi connectivity index (χ3v) is 6.33. The molecule has 3 nitrogen and oxygen atoms in total. The van der Waals surface area contributed by atoms with E-state index < -0.39 is 0 Å². The molecule has 2 aromatic rings. The molecule has 0 aliphatic carbocycles. The van der Waals surface area contributed by atoms with E-state index in [0.717, 1.165) is 19.4 Å². The molecular formula is C19H22N2O. The zero-order valence-electron chi connectivity index (χ0n) is 12.9. The molecule has 6 rings (SSSR count). The Balaban J connectivity index is 1.69. The third kappa shape index (κ3) is 1.48. The first-order valence-electron chi connectivity index (χ1n) is 8.43. The number of aromatic amines is 1. The van der Waals surface area contributed by atoms with Crippen LogP contribution in [0.3, 0.4) is 0 Å². The molecule has 4 aliphatic rings. The maximum Gasteiger partial charge on any atom is 0.0514 e. The molecule has 2 N–H and O–H groups in total. The Hall–Kier alpha value is -1.58. The molecule has 5 heterocycles. The molecular weight excluding hydrogens is 272 g/mol. The lowest BCUT2D eigenvalue weighted by atomic mass is 9.64. The molecule has 1 aromatic heterocycles. The number of hydrogen-bond acceptors (Lipinski definition) is 2. The Morgan fingerprint density at radius 1 is 1.36 bits per heavy atom. The first-order valence-corrected chi connectivity index (χ1v) is 8.43. The van der Waals surface area contributed by atoms with Crippen molar-refractivity contribution in [2.24, 2.45) is 11.8 Å². The van der Waals surface area contributed by atoms with Gasteiger partial charge in [0.15, 0.2) is 0 Å². The van der Waals surface area contributed by atoms with E-state index >= 15 is 0 Å². The van der Waals surface area contributed by atoms with Gasteiger partial charge in [-0.3, -0.25) is 4.90 Å². The van der Waals surface area contributed by atoms with Crippen LogP contribution in [-0.2, 0) is 6.42 Å². The summed E-state index contributed by atoms with van der Waals surface area (Å²) in [5, 5.41) is 11.4. The van der Waals surface area contributed by atoms with Crippen molar-refractivity contribution < 1.29 is 5.11 Å². The standard InChI is InChI=1S/C19H22N2O/c1-2-11-9-21-17-8-14-12-5-3-4-6-16(12)20-19(14)18(21)7-13(11)15(17)10-22/h2-6,13,15,17-18,20,22H,7-10H2,1H3/b11-2+. The number of benzene rings is 1. The average Bonchev–Trinajstić information content (AvgIpc) is 2.93. The average molecular weight is 294 g/mol. The predicted molar refractivity (Wildman–Crippen MR) is 87.7 cm³/mol. The number of nitrogens with zero attached hydrogens (tertiary/aromatic N) is 1. The van der Waals surface area contributed by atoms with E-state index in [1.165, 1.54) is 27.7 Å². The smallest absolute Gasteiger partial charge is 0.0514 e. The zero-order chi connectivity index (χ0) is 14.8. The molecule has 114 valence electrons. The molecule has 3 saturated heterocycles. The number of nitrogens with one attached hydrogen (secondary N) is 1. The van der Waals surface area contributed by atoms with Crippen LogP contribution in [0.4, 0.5) is 0 Å². The highest BCUT2D eigenvalue weighted by Gasteiger charge is 2.52. The van der Waals surface area contributed by atoms with E-state index in [-0.39, 0.29) is 0 Å². The fraction of sp³-hybridized carbons (Fsp3) is 0.474. The van der Waals surface area contributed by atoms with E-state index in [1.807, 2.05) is 0 Å². The van der Waals surface area contributed by atoms with Gasteiger partial charge < -0.3 is 10.1 Å². The fourth-order valence-corrected chi connectivity index (χ4v) is 5.32. The molecule has 4 bridgehead atoms. The van der Waals surface area contributed by atoms with Crippen LogP contribution < -0.4 is 0 Å². The summed E-state index contributed by atoms with van der Waals surface area (Å²) in [5.41, 5.74) is 5.74. The first-order chi connectivity index (χ1) is 10.8. The lowest BCUT2D eigenvalue weighted by Crippen LogP contribution is -2.60. The Morgan fingerprint density at radius 2 is 2.23 bits per heavy atom. The number of allylic oxidation sites excluding steroid dienone is 1.